The molecule has 98 valence electrons. The lowest BCUT2D eigenvalue weighted by molar-refractivity contribution is 0.102. The third-order valence-corrected chi connectivity index (χ3v) is 3.37. The molecule has 19 heavy (non-hydrogen) atoms. The molecule has 2 aromatic rings. The van der Waals surface area contributed by atoms with Crippen LogP contribution in [0.1, 0.15) is 15.9 Å². The topological polar surface area (TPSA) is 49.3 Å². The Morgan fingerprint density at radius 3 is 2.74 bits per heavy atom. The molecule has 0 spiro atoms. The maximum absolute atomic E-state index is 13.3. The molecule has 2 N–H and O–H groups in total. The molecule has 3 nitrogen and oxygen atoms in total. The van der Waals surface area contributed by atoms with Crippen molar-refractivity contribution in [2.24, 2.45) is 0 Å². The van der Waals surface area contributed by atoms with E-state index >= 15 is 0 Å². The van der Waals surface area contributed by atoms with Gasteiger partial charge in [-0.25, -0.2) is 4.39 Å². The predicted molar refractivity (Wildman–Crippen MR) is 74.9 cm³/mol. The second kappa shape index (κ2) is 5.40. The van der Waals surface area contributed by atoms with E-state index < -0.39 is 11.7 Å². The fraction of sp³-hybridized carbons (Fsp3) is 0.0714. The Morgan fingerprint density at radius 2 is 2.05 bits per heavy atom. The van der Waals surface area contributed by atoms with E-state index in [0.29, 0.717) is 21.3 Å². The van der Waals surface area contributed by atoms with Crippen molar-refractivity contribution >= 4 is 27.5 Å². The van der Waals surface area contributed by atoms with Gasteiger partial charge in [-0.15, -0.1) is 0 Å². The van der Waals surface area contributed by atoms with Crippen LogP contribution in [0.15, 0.2) is 40.9 Å². The van der Waals surface area contributed by atoms with Gasteiger partial charge in [0.25, 0.3) is 5.91 Å². The first-order valence-electron chi connectivity index (χ1n) is 5.54. The van der Waals surface area contributed by atoms with Gasteiger partial charge in [0.05, 0.1) is 4.47 Å². The summed E-state index contributed by atoms with van der Waals surface area (Å²) in [6.45, 7) is 1.65. The Balaban J connectivity index is 2.26. The van der Waals surface area contributed by atoms with Crippen LogP contribution in [0.25, 0.3) is 0 Å². The molecule has 0 aliphatic carbocycles. The zero-order chi connectivity index (χ0) is 14.0. The molecule has 1 amide bonds. The van der Waals surface area contributed by atoms with Crippen LogP contribution < -0.4 is 5.32 Å². The lowest BCUT2D eigenvalue weighted by Crippen LogP contribution is -2.13. The third-order valence-electron chi connectivity index (χ3n) is 2.73. The summed E-state index contributed by atoms with van der Waals surface area (Å²) in [6, 6.07) is 9.01. The maximum Gasteiger partial charge on any atom is 0.256 e. The molecule has 5 heteroatoms. The molecule has 0 aromatic heterocycles. The number of phenols is 1. The second-order valence-corrected chi connectivity index (χ2v) is 4.89. The van der Waals surface area contributed by atoms with Crippen molar-refractivity contribution in [2.45, 2.75) is 6.92 Å². The zero-order valence-electron chi connectivity index (χ0n) is 10.1. The van der Waals surface area contributed by atoms with E-state index in [1.807, 2.05) is 0 Å². The van der Waals surface area contributed by atoms with Crippen molar-refractivity contribution in [1.29, 1.82) is 0 Å². The van der Waals surface area contributed by atoms with Gasteiger partial charge in [0.2, 0.25) is 0 Å². The molecule has 0 aliphatic heterocycles. The number of hydrogen-bond donors (Lipinski definition) is 2. The van der Waals surface area contributed by atoms with Gasteiger partial charge in [-0.05, 0) is 53.2 Å². The summed E-state index contributed by atoms with van der Waals surface area (Å²) in [7, 11) is 0. The van der Waals surface area contributed by atoms with Crippen molar-refractivity contribution in [2.75, 3.05) is 5.32 Å². The number of benzene rings is 2. The summed E-state index contributed by atoms with van der Waals surface area (Å²) >= 11 is 3.04. The van der Waals surface area contributed by atoms with Crippen LogP contribution in [-0.2, 0) is 0 Å². The first kappa shape index (κ1) is 13.5. The van der Waals surface area contributed by atoms with Gasteiger partial charge >= 0.3 is 0 Å². The molecule has 0 saturated heterocycles. The van der Waals surface area contributed by atoms with Crippen LogP contribution in [0.4, 0.5) is 10.1 Å². The summed E-state index contributed by atoms with van der Waals surface area (Å²) in [6.07, 6.45) is 0. The van der Waals surface area contributed by atoms with E-state index in [4.69, 9.17) is 0 Å². The van der Waals surface area contributed by atoms with Crippen molar-refractivity contribution < 1.29 is 14.3 Å². The molecular formula is C14H11BrFNO2. The summed E-state index contributed by atoms with van der Waals surface area (Å²) in [5.74, 6) is -0.796. The number of phenolic OH excluding ortho intramolecular Hbond substituents is 1. The molecule has 0 atom stereocenters. The number of halogens is 2. The van der Waals surface area contributed by atoms with Gasteiger partial charge in [0, 0.05) is 16.8 Å². The van der Waals surface area contributed by atoms with Crippen molar-refractivity contribution in [3.63, 3.8) is 0 Å². The van der Waals surface area contributed by atoms with Gasteiger partial charge in [0.1, 0.15) is 11.6 Å². The van der Waals surface area contributed by atoms with Crippen LogP contribution in [0, 0.1) is 12.7 Å². The fourth-order valence-electron chi connectivity index (χ4n) is 1.64. The highest BCUT2D eigenvalue weighted by Crippen LogP contribution is 2.22. The number of rotatable bonds is 2. The van der Waals surface area contributed by atoms with Crippen LogP contribution in [0.3, 0.4) is 0 Å². The normalized spacial score (nSPS) is 10.3. The van der Waals surface area contributed by atoms with Crippen LogP contribution >= 0.6 is 15.9 Å². The van der Waals surface area contributed by atoms with Gasteiger partial charge < -0.3 is 10.4 Å². The van der Waals surface area contributed by atoms with E-state index in [2.05, 4.69) is 21.2 Å². The second-order valence-electron chi connectivity index (χ2n) is 4.03. The number of carbonyl (C=O) groups excluding carboxylic acids is 1. The molecule has 0 bridgehead atoms. The number of amides is 1. The van der Waals surface area contributed by atoms with Gasteiger partial charge in [-0.3, -0.25) is 4.79 Å². The minimum absolute atomic E-state index is 0.0506. The number of aromatic hydroxyl groups is 1. The molecule has 2 aromatic carbocycles. The van der Waals surface area contributed by atoms with Gasteiger partial charge in [-0.1, -0.05) is 6.07 Å². The SMILES string of the molecule is Cc1c(O)cccc1C(=O)Nc1ccc(Br)c(F)c1. The molecule has 0 saturated carbocycles. The first-order chi connectivity index (χ1) is 8.99. The molecule has 2 rings (SSSR count). The summed E-state index contributed by atoms with van der Waals surface area (Å²) in [4.78, 5) is 12.0. The lowest BCUT2D eigenvalue weighted by Gasteiger charge is -2.09. The average Bonchev–Trinajstić information content (AvgIpc) is 2.37. The molecule has 0 unspecified atom stereocenters. The zero-order valence-corrected chi connectivity index (χ0v) is 11.7. The Morgan fingerprint density at radius 1 is 1.32 bits per heavy atom. The van der Waals surface area contributed by atoms with E-state index in [-0.39, 0.29) is 5.75 Å². The summed E-state index contributed by atoms with van der Waals surface area (Å²) < 4.78 is 13.7. The largest absolute Gasteiger partial charge is 0.508 e. The minimum Gasteiger partial charge on any atom is -0.508 e. The van der Waals surface area contributed by atoms with Crippen LogP contribution in [-0.4, -0.2) is 11.0 Å². The molecule has 0 radical (unpaired) electrons. The molecule has 0 aliphatic rings. The number of carbonyl (C=O) groups is 1. The number of nitrogens with one attached hydrogen (secondary N) is 1. The Labute approximate surface area is 118 Å². The van der Waals surface area contributed by atoms with E-state index in [0.717, 1.165) is 0 Å². The highest BCUT2D eigenvalue weighted by Gasteiger charge is 2.12. The highest BCUT2D eigenvalue weighted by atomic mass is 79.9. The maximum atomic E-state index is 13.3. The quantitative estimate of drug-likeness (QED) is 0.881. The van der Waals surface area contributed by atoms with Gasteiger partial charge in [-0.2, -0.15) is 0 Å². The number of anilines is 1. The smallest absolute Gasteiger partial charge is 0.256 e. The fourth-order valence-corrected chi connectivity index (χ4v) is 1.89. The summed E-state index contributed by atoms with van der Waals surface area (Å²) in [5, 5.41) is 12.1. The Bertz CT molecular complexity index is 643. The van der Waals surface area contributed by atoms with Crippen LogP contribution in [0.2, 0.25) is 0 Å². The van der Waals surface area contributed by atoms with E-state index in [1.165, 1.54) is 18.2 Å². The predicted octanol–water partition coefficient (Wildman–Crippen LogP) is 3.85. The highest BCUT2D eigenvalue weighted by molar-refractivity contribution is 9.10. The minimum atomic E-state index is -0.453. The van der Waals surface area contributed by atoms with Crippen molar-refractivity contribution in [1.82, 2.24) is 0 Å². The van der Waals surface area contributed by atoms with Crippen molar-refractivity contribution in [3.8, 4) is 5.75 Å². The Kier molecular flexibility index (Phi) is 3.85. The monoisotopic (exact) mass is 323 g/mol. The third kappa shape index (κ3) is 2.93. The van der Waals surface area contributed by atoms with Crippen molar-refractivity contribution in [3.05, 3.63) is 57.8 Å². The summed E-state index contributed by atoms with van der Waals surface area (Å²) in [5.41, 5.74) is 1.19. The van der Waals surface area contributed by atoms with E-state index in [1.54, 1.807) is 25.1 Å². The molecular weight excluding hydrogens is 313 g/mol. The lowest BCUT2D eigenvalue weighted by atomic mass is 10.1. The van der Waals surface area contributed by atoms with E-state index in [9.17, 15) is 14.3 Å². The Hall–Kier alpha value is -1.88. The number of hydrogen-bond acceptors (Lipinski definition) is 2. The molecule has 0 fully saturated rings. The standard InChI is InChI=1S/C14H11BrFNO2/c1-8-10(3-2-4-13(8)18)14(19)17-9-5-6-11(15)12(16)7-9/h2-7,18H,1H3,(H,17,19). The average molecular weight is 324 g/mol. The van der Waals surface area contributed by atoms with Gasteiger partial charge in [0.15, 0.2) is 0 Å². The first-order valence-corrected chi connectivity index (χ1v) is 6.33. The molecule has 0 heterocycles. The van der Waals surface area contributed by atoms with Crippen LogP contribution in [0.5, 0.6) is 5.75 Å².